The van der Waals surface area contributed by atoms with Gasteiger partial charge in [-0.2, -0.15) is 0 Å². The molecule has 0 radical (unpaired) electrons. The molecule has 0 bridgehead atoms. The Morgan fingerprint density at radius 2 is 2.04 bits per heavy atom. The molecular weight excluding hydrogens is 342 g/mol. The number of carbonyl (C=O) groups is 1. The fourth-order valence-electron chi connectivity index (χ4n) is 2.51. The van der Waals surface area contributed by atoms with Crippen molar-refractivity contribution in [1.29, 1.82) is 0 Å². The molecule has 6 nitrogen and oxygen atoms in total. The monoisotopic (exact) mass is 359 g/mol. The Bertz CT molecular complexity index is 975. The van der Waals surface area contributed by atoms with Crippen LogP contribution in [-0.2, 0) is 13.1 Å². The van der Waals surface area contributed by atoms with E-state index < -0.39 is 0 Å². The van der Waals surface area contributed by atoms with Crippen molar-refractivity contribution in [3.8, 4) is 0 Å². The average molecular weight is 360 g/mol. The molecule has 1 amide bonds. The minimum atomic E-state index is -0.181. The fourth-order valence-corrected chi connectivity index (χ4v) is 2.73. The molecule has 0 unspecified atom stereocenters. The van der Waals surface area contributed by atoms with Gasteiger partial charge >= 0.3 is 0 Å². The van der Waals surface area contributed by atoms with Crippen molar-refractivity contribution >= 4 is 28.4 Å². The second kappa shape index (κ2) is 7.13. The summed E-state index contributed by atoms with van der Waals surface area (Å²) in [6.45, 7) is 0.872. The zero-order chi connectivity index (χ0) is 18.0. The summed E-state index contributed by atoms with van der Waals surface area (Å²) in [6.07, 6.45) is 0. The lowest BCUT2D eigenvalue weighted by molar-refractivity contribution is 0.0794. The lowest BCUT2D eigenvalue weighted by Gasteiger charge is -2.07. The first kappa shape index (κ1) is 17.3. The maximum Gasteiger partial charge on any atom is 0.289 e. The topological polar surface area (TPSA) is 78.3 Å². The third kappa shape index (κ3) is 3.75. The quantitative estimate of drug-likeness (QED) is 0.734. The molecule has 3 aromatic rings. The first-order valence-corrected chi connectivity index (χ1v) is 8.15. The molecule has 25 heavy (non-hydrogen) atoms. The Morgan fingerprint density at radius 1 is 1.24 bits per heavy atom. The average Bonchev–Trinajstić information content (AvgIpc) is 3.04. The van der Waals surface area contributed by atoms with Crippen LogP contribution < -0.4 is 10.7 Å². The number of furan rings is 1. The standard InChI is InChI=1S/C18H18ClN3O3/c1-22(2)18(24)16-7-6-12(25-16)10-20-9-11-8-15(23)13-4-3-5-14(19)17(13)21-11/h3-8,20H,9-10H2,1-2H3,(H,21,23). The number of fused-ring (bicyclic) bond motifs is 1. The van der Waals surface area contributed by atoms with Crippen LogP contribution in [0.4, 0.5) is 0 Å². The maximum absolute atomic E-state index is 12.2. The van der Waals surface area contributed by atoms with Gasteiger partial charge in [-0.05, 0) is 24.3 Å². The van der Waals surface area contributed by atoms with Gasteiger partial charge in [0.25, 0.3) is 5.91 Å². The minimum Gasteiger partial charge on any atom is -0.455 e. The summed E-state index contributed by atoms with van der Waals surface area (Å²) in [5, 5.41) is 4.25. The molecule has 0 aliphatic rings. The number of nitrogens with zero attached hydrogens (tertiary/aromatic N) is 1. The number of hydrogen-bond donors (Lipinski definition) is 2. The largest absolute Gasteiger partial charge is 0.455 e. The number of amides is 1. The van der Waals surface area contributed by atoms with E-state index in [4.69, 9.17) is 16.0 Å². The van der Waals surface area contributed by atoms with Gasteiger partial charge in [0.05, 0.1) is 17.1 Å². The van der Waals surface area contributed by atoms with Crippen LogP contribution >= 0.6 is 11.6 Å². The number of benzene rings is 1. The molecule has 0 saturated carbocycles. The van der Waals surface area contributed by atoms with Crippen molar-refractivity contribution in [3.05, 3.63) is 68.9 Å². The Morgan fingerprint density at radius 3 is 2.80 bits per heavy atom. The van der Waals surface area contributed by atoms with Gasteiger partial charge in [0.1, 0.15) is 5.76 Å². The first-order chi connectivity index (χ1) is 12.0. The Kier molecular flexibility index (Phi) is 4.92. The van der Waals surface area contributed by atoms with Crippen LogP contribution in [-0.4, -0.2) is 29.9 Å². The lowest BCUT2D eigenvalue weighted by Crippen LogP contribution is -2.21. The highest BCUT2D eigenvalue weighted by atomic mass is 35.5. The number of pyridine rings is 1. The SMILES string of the molecule is CN(C)C(=O)c1ccc(CNCc2cc(=O)c3cccc(Cl)c3[nH]2)o1. The van der Waals surface area contributed by atoms with Gasteiger partial charge in [-0.1, -0.05) is 17.7 Å². The summed E-state index contributed by atoms with van der Waals surface area (Å²) in [5.74, 6) is 0.763. The number of H-pyrrole nitrogens is 1. The lowest BCUT2D eigenvalue weighted by atomic mass is 10.2. The highest BCUT2D eigenvalue weighted by Crippen LogP contribution is 2.19. The van der Waals surface area contributed by atoms with Gasteiger partial charge in [-0.3, -0.25) is 9.59 Å². The molecule has 130 valence electrons. The van der Waals surface area contributed by atoms with Crippen LogP contribution in [0.3, 0.4) is 0 Å². The van der Waals surface area contributed by atoms with Crippen molar-refractivity contribution < 1.29 is 9.21 Å². The number of para-hydroxylation sites is 1. The summed E-state index contributed by atoms with van der Waals surface area (Å²) in [7, 11) is 3.34. The number of carbonyl (C=O) groups excluding carboxylic acids is 1. The van der Waals surface area contributed by atoms with E-state index in [1.54, 1.807) is 50.5 Å². The third-order valence-electron chi connectivity index (χ3n) is 3.76. The number of aromatic nitrogens is 1. The number of hydrogen-bond acceptors (Lipinski definition) is 4. The minimum absolute atomic E-state index is 0.0788. The molecule has 0 fully saturated rings. The van der Waals surface area contributed by atoms with E-state index in [1.807, 2.05) is 0 Å². The summed E-state index contributed by atoms with van der Waals surface area (Å²) in [6, 6.07) is 10.2. The molecule has 0 saturated heterocycles. The fraction of sp³-hybridized carbons (Fsp3) is 0.222. The second-order valence-electron chi connectivity index (χ2n) is 5.89. The van der Waals surface area contributed by atoms with E-state index in [-0.39, 0.29) is 11.3 Å². The molecule has 1 aromatic carbocycles. The molecule has 0 aliphatic heterocycles. The van der Waals surface area contributed by atoms with Crippen molar-refractivity contribution in [2.45, 2.75) is 13.1 Å². The molecule has 0 aliphatic carbocycles. The zero-order valence-electron chi connectivity index (χ0n) is 13.9. The van der Waals surface area contributed by atoms with Gasteiger partial charge in [-0.15, -0.1) is 0 Å². The number of aromatic amines is 1. The zero-order valence-corrected chi connectivity index (χ0v) is 14.7. The van der Waals surface area contributed by atoms with E-state index in [2.05, 4.69) is 10.3 Å². The maximum atomic E-state index is 12.2. The van der Waals surface area contributed by atoms with Crippen molar-refractivity contribution in [2.75, 3.05) is 14.1 Å². The summed E-state index contributed by atoms with van der Waals surface area (Å²) in [5.41, 5.74) is 1.27. The van der Waals surface area contributed by atoms with E-state index in [0.717, 1.165) is 5.69 Å². The summed E-state index contributed by atoms with van der Waals surface area (Å²) >= 11 is 6.15. The van der Waals surface area contributed by atoms with Crippen LogP contribution in [0.5, 0.6) is 0 Å². The van der Waals surface area contributed by atoms with E-state index in [0.29, 0.717) is 40.5 Å². The molecule has 2 heterocycles. The summed E-state index contributed by atoms with van der Waals surface area (Å²) < 4.78 is 5.51. The van der Waals surface area contributed by atoms with E-state index in [1.165, 1.54) is 4.90 Å². The van der Waals surface area contributed by atoms with Crippen molar-refractivity contribution in [3.63, 3.8) is 0 Å². The predicted octanol–water partition coefficient (Wildman–Crippen LogP) is 2.77. The smallest absolute Gasteiger partial charge is 0.289 e. The molecular formula is C18H18ClN3O3. The predicted molar refractivity (Wildman–Crippen MR) is 96.8 cm³/mol. The number of nitrogens with one attached hydrogen (secondary N) is 2. The molecule has 7 heteroatoms. The van der Waals surface area contributed by atoms with Gasteiger partial charge in [0, 0.05) is 37.8 Å². The van der Waals surface area contributed by atoms with Gasteiger partial charge < -0.3 is 19.6 Å². The summed E-state index contributed by atoms with van der Waals surface area (Å²) in [4.78, 5) is 28.6. The third-order valence-corrected chi connectivity index (χ3v) is 4.08. The Hall–Kier alpha value is -2.57. The van der Waals surface area contributed by atoms with Crippen molar-refractivity contribution in [1.82, 2.24) is 15.2 Å². The van der Waals surface area contributed by atoms with Crippen LogP contribution in [0.25, 0.3) is 10.9 Å². The highest BCUT2D eigenvalue weighted by Gasteiger charge is 2.12. The van der Waals surface area contributed by atoms with Gasteiger partial charge in [-0.25, -0.2) is 0 Å². The van der Waals surface area contributed by atoms with Crippen molar-refractivity contribution in [2.24, 2.45) is 0 Å². The normalized spacial score (nSPS) is 11.0. The van der Waals surface area contributed by atoms with Crippen LogP contribution in [0.15, 0.2) is 45.6 Å². The molecule has 2 N–H and O–H groups in total. The Balaban J connectivity index is 1.68. The van der Waals surface area contributed by atoms with Gasteiger partial charge in [0.15, 0.2) is 11.2 Å². The van der Waals surface area contributed by atoms with Crippen LogP contribution in [0.2, 0.25) is 5.02 Å². The highest BCUT2D eigenvalue weighted by molar-refractivity contribution is 6.35. The van der Waals surface area contributed by atoms with Crippen LogP contribution in [0.1, 0.15) is 22.0 Å². The molecule has 0 atom stereocenters. The molecule has 3 rings (SSSR count). The first-order valence-electron chi connectivity index (χ1n) is 7.77. The van der Waals surface area contributed by atoms with Gasteiger partial charge in [0.2, 0.25) is 0 Å². The number of halogens is 1. The number of rotatable bonds is 5. The van der Waals surface area contributed by atoms with E-state index >= 15 is 0 Å². The Labute approximate surface area is 149 Å². The molecule has 2 aromatic heterocycles. The molecule has 0 spiro atoms. The van der Waals surface area contributed by atoms with Crippen LogP contribution in [0, 0.1) is 0 Å². The second-order valence-corrected chi connectivity index (χ2v) is 6.30. The van der Waals surface area contributed by atoms with E-state index in [9.17, 15) is 9.59 Å².